The number of rotatable bonds is 6. The second-order valence-corrected chi connectivity index (χ2v) is 13.2. The van der Waals surface area contributed by atoms with Gasteiger partial charge in [-0.2, -0.15) is 15.1 Å². The Morgan fingerprint density at radius 3 is 2.80 bits per heavy atom. The third kappa shape index (κ3) is 4.47. The van der Waals surface area contributed by atoms with E-state index in [0.29, 0.717) is 64.3 Å². The lowest BCUT2D eigenvalue weighted by molar-refractivity contribution is -0.129. The molecule has 2 unspecified atom stereocenters. The van der Waals surface area contributed by atoms with Crippen molar-refractivity contribution in [3.8, 4) is 17.3 Å². The van der Waals surface area contributed by atoms with E-state index < -0.39 is 17.5 Å². The lowest BCUT2D eigenvalue weighted by Gasteiger charge is -2.41. The zero-order chi connectivity index (χ0) is 31.0. The molecule has 234 valence electrons. The normalized spacial score (nSPS) is 26.3. The molecule has 4 aliphatic heterocycles. The number of nitrogens with zero attached hydrogens (tertiary/aromatic N) is 7. The van der Waals surface area contributed by atoms with Gasteiger partial charge in [-0.3, -0.25) is 19.8 Å². The predicted molar refractivity (Wildman–Crippen MR) is 167 cm³/mol. The van der Waals surface area contributed by atoms with Crippen molar-refractivity contribution in [1.82, 2.24) is 34.9 Å². The highest BCUT2D eigenvalue weighted by Crippen LogP contribution is 2.42. The Balaban J connectivity index is 1.24. The summed E-state index contributed by atoms with van der Waals surface area (Å²) in [5.41, 5.74) is 1.62. The van der Waals surface area contributed by atoms with Gasteiger partial charge >= 0.3 is 6.01 Å². The van der Waals surface area contributed by atoms with E-state index in [1.807, 2.05) is 11.8 Å². The van der Waals surface area contributed by atoms with Crippen molar-refractivity contribution in [3.63, 3.8) is 0 Å². The molecule has 1 aromatic carbocycles. The van der Waals surface area contributed by atoms with Gasteiger partial charge in [-0.05, 0) is 56.9 Å². The third-order valence-corrected chi connectivity index (χ3v) is 10.7. The van der Waals surface area contributed by atoms with E-state index in [2.05, 4.69) is 36.5 Å². The minimum absolute atomic E-state index is 0.0184. The largest absolute Gasteiger partial charge is 0.461 e. The van der Waals surface area contributed by atoms with Crippen molar-refractivity contribution in [2.75, 3.05) is 37.7 Å². The van der Waals surface area contributed by atoms with Crippen LogP contribution in [0.1, 0.15) is 37.7 Å². The van der Waals surface area contributed by atoms with Gasteiger partial charge in [0.2, 0.25) is 5.91 Å². The Morgan fingerprint density at radius 2 is 2.02 bits per heavy atom. The van der Waals surface area contributed by atoms with Crippen molar-refractivity contribution in [3.05, 3.63) is 47.5 Å². The van der Waals surface area contributed by atoms with E-state index in [0.717, 1.165) is 32.2 Å². The van der Waals surface area contributed by atoms with Crippen LogP contribution in [-0.2, 0) is 4.79 Å². The number of hydrogen-bond donors (Lipinski definition) is 1. The number of nitrogens with one attached hydrogen (secondary N) is 1. The number of aromatic amines is 1. The summed E-state index contributed by atoms with van der Waals surface area (Å²) < 4.78 is 37.6. The van der Waals surface area contributed by atoms with Gasteiger partial charge in [0, 0.05) is 60.3 Å². The van der Waals surface area contributed by atoms with E-state index in [4.69, 9.17) is 21.3 Å². The van der Waals surface area contributed by atoms with Crippen molar-refractivity contribution in [2.24, 2.45) is 0 Å². The van der Waals surface area contributed by atoms with Crippen LogP contribution in [0.3, 0.4) is 0 Å². The van der Waals surface area contributed by atoms with E-state index in [1.165, 1.54) is 6.08 Å². The van der Waals surface area contributed by atoms with Gasteiger partial charge in [0.1, 0.15) is 29.8 Å². The first-order chi connectivity index (χ1) is 21.8. The average molecular weight is 635 g/mol. The van der Waals surface area contributed by atoms with Crippen molar-refractivity contribution < 1.29 is 18.3 Å². The monoisotopic (exact) mass is 634 g/mol. The third-order valence-electron chi connectivity index (χ3n) is 10.3. The van der Waals surface area contributed by atoms with E-state index in [-0.39, 0.29) is 41.8 Å². The number of aromatic nitrogens is 5. The molecule has 8 rings (SSSR count). The average Bonchev–Trinajstić information content (AvgIpc) is 3.78. The molecule has 2 bridgehead atoms. The molecule has 3 aromatic heterocycles. The molecule has 4 atom stereocenters. The molecule has 1 N–H and O–H groups in total. The van der Waals surface area contributed by atoms with Gasteiger partial charge in [-0.25, -0.2) is 8.78 Å². The summed E-state index contributed by atoms with van der Waals surface area (Å²) in [7, 11) is 0. The Morgan fingerprint density at radius 1 is 1.22 bits per heavy atom. The van der Waals surface area contributed by atoms with Crippen LogP contribution in [0.25, 0.3) is 33.1 Å². The highest BCUT2D eigenvalue weighted by Gasteiger charge is 2.49. The standard InChI is InChI=1S/C32H33ClF2N8O2/c1-3-25(44)43-19-5-6-20(43)15-41(14-19)30-22-11-36-29(26-17(2)23(33)9-24-21(26)12-37-40-24)27(35)28(22)38-31(39-30)45-16-32-7-4-8-42(32)13-18(34)10-32/h3,9,11-12,18-20H,1,4-8,10,13-16H2,2H3,(H,37,40)/t18-,19?,20?,32+/m1/s1. The molecule has 10 nitrogen and oxygen atoms in total. The van der Waals surface area contributed by atoms with Gasteiger partial charge in [-0.15, -0.1) is 0 Å². The molecule has 0 radical (unpaired) electrons. The molecule has 13 heteroatoms. The number of fused-ring (bicyclic) bond motifs is 5. The number of ether oxygens (including phenoxy) is 1. The number of alkyl halides is 1. The van der Waals surface area contributed by atoms with Gasteiger partial charge in [-0.1, -0.05) is 18.2 Å². The highest BCUT2D eigenvalue weighted by molar-refractivity contribution is 6.32. The summed E-state index contributed by atoms with van der Waals surface area (Å²) in [5, 5.41) is 8.64. The molecule has 7 heterocycles. The zero-order valence-corrected chi connectivity index (χ0v) is 25.7. The topological polar surface area (TPSA) is 103 Å². The first-order valence-electron chi connectivity index (χ1n) is 15.5. The van der Waals surface area contributed by atoms with Crippen LogP contribution in [0.5, 0.6) is 6.01 Å². The number of H-pyrrole nitrogens is 1. The van der Waals surface area contributed by atoms with Crippen LogP contribution in [0, 0.1) is 12.7 Å². The molecule has 4 aliphatic rings. The second-order valence-electron chi connectivity index (χ2n) is 12.8. The number of halogens is 3. The van der Waals surface area contributed by atoms with Crippen LogP contribution in [-0.4, -0.2) is 97.4 Å². The maximum atomic E-state index is 16.8. The number of carbonyl (C=O) groups is 1. The first kappa shape index (κ1) is 28.6. The molecule has 45 heavy (non-hydrogen) atoms. The summed E-state index contributed by atoms with van der Waals surface area (Å²) in [6.45, 7) is 7.99. The Kier molecular flexibility index (Phi) is 6.72. The predicted octanol–water partition coefficient (Wildman–Crippen LogP) is 4.99. The molecule has 0 saturated carbocycles. The molecule has 4 saturated heterocycles. The smallest absolute Gasteiger partial charge is 0.319 e. The molecular formula is C32H33ClF2N8O2. The van der Waals surface area contributed by atoms with Crippen molar-refractivity contribution in [2.45, 2.75) is 62.8 Å². The number of anilines is 1. The molecule has 1 amide bonds. The maximum absolute atomic E-state index is 16.8. The van der Waals surface area contributed by atoms with E-state index >= 15 is 4.39 Å². The zero-order valence-electron chi connectivity index (χ0n) is 24.9. The first-order valence-corrected chi connectivity index (χ1v) is 15.8. The number of amides is 1. The Labute approximate surface area is 263 Å². The van der Waals surface area contributed by atoms with Crippen LogP contribution in [0.15, 0.2) is 31.1 Å². The molecule has 4 fully saturated rings. The number of pyridine rings is 1. The SMILES string of the molecule is C=CC(=O)N1C2CCC1CN(c1nc(OC[C@@]34CCCN3C[C@H](F)C4)nc3c(F)c(-c4c(C)c(Cl)cc5[nH]ncc45)ncc13)C2. The summed E-state index contributed by atoms with van der Waals surface area (Å²) in [6, 6.07) is 1.76. The fourth-order valence-corrected chi connectivity index (χ4v) is 8.36. The summed E-state index contributed by atoms with van der Waals surface area (Å²) in [4.78, 5) is 32.9. The molecule has 0 aliphatic carbocycles. The summed E-state index contributed by atoms with van der Waals surface area (Å²) in [5.74, 6) is -0.202. The van der Waals surface area contributed by atoms with Crippen LogP contribution < -0.4 is 9.64 Å². The van der Waals surface area contributed by atoms with Crippen LogP contribution in [0.2, 0.25) is 5.02 Å². The van der Waals surface area contributed by atoms with Crippen LogP contribution >= 0.6 is 11.6 Å². The minimum Gasteiger partial charge on any atom is -0.461 e. The lowest BCUT2D eigenvalue weighted by Crippen LogP contribution is -2.55. The number of piperazine rings is 1. The van der Waals surface area contributed by atoms with E-state index in [1.54, 1.807) is 18.5 Å². The van der Waals surface area contributed by atoms with Gasteiger partial charge in [0.15, 0.2) is 5.82 Å². The van der Waals surface area contributed by atoms with Crippen molar-refractivity contribution >= 4 is 45.1 Å². The fraction of sp³-hybridized carbons (Fsp3) is 0.469. The van der Waals surface area contributed by atoms with E-state index in [9.17, 15) is 9.18 Å². The van der Waals surface area contributed by atoms with Crippen molar-refractivity contribution in [1.29, 1.82) is 0 Å². The molecular weight excluding hydrogens is 602 g/mol. The maximum Gasteiger partial charge on any atom is 0.319 e. The lowest BCUT2D eigenvalue weighted by atomic mass is 9.95. The summed E-state index contributed by atoms with van der Waals surface area (Å²) >= 11 is 6.54. The summed E-state index contributed by atoms with van der Waals surface area (Å²) in [6.07, 6.45) is 7.61. The number of carbonyl (C=O) groups excluding carboxylic acids is 1. The van der Waals surface area contributed by atoms with Gasteiger partial charge in [0.05, 0.1) is 22.6 Å². The fourth-order valence-electron chi connectivity index (χ4n) is 8.16. The van der Waals surface area contributed by atoms with Gasteiger partial charge in [0.25, 0.3) is 0 Å². The highest BCUT2D eigenvalue weighted by atomic mass is 35.5. The number of hydrogen-bond acceptors (Lipinski definition) is 8. The second kappa shape index (κ2) is 10.6. The quantitative estimate of drug-likeness (QED) is 0.296. The van der Waals surface area contributed by atoms with Gasteiger partial charge < -0.3 is 14.5 Å². The Hall–Kier alpha value is -3.90. The van der Waals surface area contributed by atoms with Crippen LogP contribution in [0.4, 0.5) is 14.6 Å². The molecule has 4 aromatic rings. The molecule has 0 spiro atoms. The number of benzene rings is 1. The minimum atomic E-state index is -0.904. The Bertz CT molecular complexity index is 1850.